The molecule has 0 amide bonds. The topological polar surface area (TPSA) is 51.8 Å². The fourth-order valence-electron chi connectivity index (χ4n) is 1.85. The van der Waals surface area contributed by atoms with Crippen molar-refractivity contribution in [2.45, 2.75) is 20.3 Å². The Bertz CT molecular complexity index is 503. The Morgan fingerprint density at radius 2 is 1.82 bits per heavy atom. The molecule has 0 aliphatic carbocycles. The second kappa shape index (κ2) is 5.06. The maximum atomic E-state index is 5.49. The minimum Gasteiger partial charge on any atom is -0.330 e. The highest BCUT2D eigenvalue weighted by Crippen LogP contribution is 2.20. The van der Waals surface area contributed by atoms with Gasteiger partial charge in [-0.3, -0.25) is 0 Å². The molecule has 0 saturated heterocycles. The number of aromatic nitrogens is 2. The first-order valence-electron chi connectivity index (χ1n) is 5.79. The standard InChI is InChI=1S/C14H17N3/c1-10-3-4-13(11(2)7-10)14-16-8-12(5-6-15)9-17-14/h3-4,7-9H,5-6,15H2,1-2H3. The van der Waals surface area contributed by atoms with Gasteiger partial charge in [0.1, 0.15) is 0 Å². The van der Waals surface area contributed by atoms with Gasteiger partial charge in [0.2, 0.25) is 0 Å². The molecule has 0 spiro atoms. The molecule has 0 saturated carbocycles. The molecule has 3 heteroatoms. The number of rotatable bonds is 3. The van der Waals surface area contributed by atoms with Crippen molar-refractivity contribution in [1.82, 2.24) is 9.97 Å². The van der Waals surface area contributed by atoms with E-state index in [1.807, 2.05) is 12.4 Å². The number of benzene rings is 1. The van der Waals surface area contributed by atoms with Crippen molar-refractivity contribution >= 4 is 0 Å². The van der Waals surface area contributed by atoms with Gasteiger partial charge >= 0.3 is 0 Å². The maximum absolute atomic E-state index is 5.49. The van der Waals surface area contributed by atoms with E-state index in [0.29, 0.717) is 6.54 Å². The number of nitrogens with zero attached hydrogens (tertiary/aromatic N) is 2. The molecule has 1 aromatic heterocycles. The van der Waals surface area contributed by atoms with Crippen LogP contribution >= 0.6 is 0 Å². The highest BCUT2D eigenvalue weighted by molar-refractivity contribution is 5.60. The van der Waals surface area contributed by atoms with Gasteiger partial charge in [-0.1, -0.05) is 23.8 Å². The summed E-state index contributed by atoms with van der Waals surface area (Å²) in [5.41, 5.74) is 10.1. The van der Waals surface area contributed by atoms with Gasteiger partial charge in [-0.05, 0) is 37.9 Å². The number of hydrogen-bond acceptors (Lipinski definition) is 3. The van der Waals surface area contributed by atoms with Gasteiger partial charge < -0.3 is 5.73 Å². The summed E-state index contributed by atoms with van der Waals surface area (Å²) in [4.78, 5) is 8.78. The van der Waals surface area contributed by atoms with Crippen LogP contribution in [-0.2, 0) is 6.42 Å². The van der Waals surface area contributed by atoms with Crippen LogP contribution in [-0.4, -0.2) is 16.5 Å². The lowest BCUT2D eigenvalue weighted by Gasteiger charge is -2.06. The minimum atomic E-state index is 0.631. The largest absolute Gasteiger partial charge is 0.330 e. The van der Waals surface area contributed by atoms with Crippen LogP contribution in [0, 0.1) is 13.8 Å². The van der Waals surface area contributed by atoms with Crippen molar-refractivity contribution in [1.29, 1.82) is 0 Å². The van der Waals surface area contributed by atoms with E-state index in [-0.39, 0.29) is 0 Å². The van der Waals surface area contributed by atoms with E-state index in [2.05, 4.69) is 42.0 Å². The molecule has 0 fully saturated rings. The molecular formula is C14H17N3. The van der Waals surface area contributed by atoms with Crippen LogP contribution in [0.5, 0.6) is 0 Å². The highest BCUT2D eigenvalue weighted by atomic mass is 14.9. The third-order valence-corrected chi connectivity index (χ3v) is 2.76. The molecule has 3 nitrogen and oxygen atoms in total. The van der Waals surface area contributed by atoms with E-state index in [4.69, 9.17) is 5.73 Å². The number of aryl methyl sites for hydroxylation is 2. The average molecular weight is 227 g/mol. The van der Waals surface area contributed by atoms with Crippen LogP contribution in [0.15, 0.2) is 30.6 Å². The lowest BCUT2D eigenvalue weighted by molar-refractivity contribution is 0.943. The smallest absolute Gasteiger partial charge is 0.159 e. The molecule has 0 aliphatic rings. The van der Waals surface area contributed by atoms with Gasteiger partial charge in [-0.15, -0.1) is 0 Å². The van der Waals surface area contributed by atoms with Gasteiger partial charge in [-0.2, -0.15) is 0 Å². The van der Waals surface area contributed by atoms with Crippen LogP contribution in [0.4, 0.5) is 0 Å². The highest BCUT2D eigenvalue weighted by Gasteiger charge is 2.04. The second-order valence-corrected chi connectivity index (χ2v) is 4.27. The fourth-order valence-corrected chi connectivity index (χ4v) is 1.85. The molecule has 2 aromatic rings. The van der Waals surface area contributed by atoms with Crippen molar-refractivity contribution in [2.75, 3.05) is 6.54 Å². The average Bonchev–Trinajstić information content (AvgIpc) is 2.31. The normalized spacial score (nSPS) is 10.5. The van der Waals surface area contributed by atoms with E-state index < -0.39 is 0 Å². The van der Waals surface area contributed by atoms with Gasteiger partial charge in [0.05, 0.1) is 0 Å². The zero-order valence-corrected chi connectivity index (χ0v) is 10.3. The van der Waals surface area contributed by atoms with Gasteiger partial charge in [0.25, 0.3) is 0 Å². The summed E-state index contributed by atoms with van der Waals surface area (Å²) >= 11 is 0. The summed E-state index contributed by atoms with van der Waals surface area (Å²) in [5.74, 6) is 0.781. The number of hydrogen-bond donors (Lipinski definition) is 1. The molecule has 1 heterocycles. The molecule has 2 rings (SSSR count). The summed E-state index contributed by atoms with van der Waals surface area (Å²) < 4.78 is 0. The predicted octanol–water partition coefficient (Wildman–Crippen LogP) is 2.26. The van der Waals surface area contributed by atoms with Crippen molar-refractivity contribution < 1.29 is 0 Å². The summed E-state index contributed by atoms with van der Waals surface area (Å²) in [6.07, 6.45) is 4.54. The molecule has 0 aliphatic heterocycles. The van der Waals surface area contributed by atoms with Crippen LogP contribution < -0.4 is 5.73 Å². The van der Waals surface area contributed by atoms with E-state index >= 15 is 0 Å². The molecule has 88 valence electrons. The zero-order chi connectivity index (χ0) is 12.3. The Hall–Kier alpha value is -1.74. The molecule has 0 unspecified atom stereocenters. The second-order valence-electron chi connectivity index (χ2n) is 4.27. The molecule has 2 N–H and O–H groups in total. The van der Waals surface area contributed by atoms with Crippen molar-refractivity contribution in [2.24, 2.45) is 5.73 Å². The lowest BCUT2D eigenvalue weighted by atomic mass is 10.1. The molecule has 0 bridgehead atoms. The van der Waals surface area contributed by atoms with Crippen molar-refractivity contribution in [3.05, 3.63) is 47.3 Å². The first-order valence-corrected chi connectivity index (χ1v) is 5.79. The van der Waals surface area contributed by atoms with Gasteiger partial charge in [-0.25, -0.2) is 9.97 Å². The monoisotopic (exact) mass is 227 g/mol. The molecule has 0 radical (unpaired) electrons. The van der Waals surface area contributed by atoms with Crippen LogP contribution in [0.2, 0.25) is 0 Å². The summed E-state index contributed by atoms with van der Waals surface area (Å²) in [5, 5.41) is 0. The van der Waals surface area contributed by atoms with Gasteiger partial charge in [0.15, 0.2) is 5.82 Å². The van der Waals surface area contributed by atoms with Crippen molar-refractivity contribution in [3.8, 4) is 11.4 Å². The van der Waals surface area contributed by atoms with Crippen molar-refractivity contribution in [3.63, 3.8) is 0 Å². The first-order chi connectivity index (χ1) is 8.20. The summed E-state index contributed by atoms with van der Waals surface area (Å²) in [6.45, 7) is 4.80. The first kappa shape index (κ1) is 11.7. The third-order valence-electron chi connectivity index (χ3n) is 2.76. The summed E-state index contributed by atoms with van der Waals surface area (Å²) in [7, 11) is 0. The fraction of sp³-hybridized carbons (Fsp3) is 0.286. The summed E-state index contributed by atoms with van der Waals surface area (Å²) in [6, 6.07) is 6.30. The molecule has 17 heavy (non-hydrogen) atoms. The Balaban J connectivity index is 2.33. The SMILES string of the molecule is Cc1ccc(-c2ncc(CCN)cn2)c(C)c1. The Kier molecular flexibility index (Phi) is 3.49. The van der Waals surface area contributed by atoms with E-state index in [0.717, 1.165) is 23.4 Å². The van der Waals surface area contributed by atoms with Crippen LogP contribution in [0.25, 0.3) is 11.4 Å². The molecule has 0 atom stereocenters. The third kappa shape index (κ3) is 2.68. The Morgan fingerprint density at radius 1 is 1.12 bits per heavy atom. The Morgan fingerprint density at radius 3 is 2.41 bits per heavy atom. The lowest BCUT2D eigenvalue weighted by Crippen LogP contribution is -2.04. The van der Waals surface area contributed by atoms with E-state index in [1.54, 1.807) is 0 Å². The minimum absolute atomic E-state index is 0.631. The molecule has 1 aromatic carbocycles. The van der Waals surface area contributed by atoms with E-state index in [9.17, 15) is 0 Å². The predicted molar refractivity (Wildman–Crippen MR) is 69.7 cm³/mol. The van der Waals surface area contributed by atoms with Crippen LogP contribution in [0.3, 0.4) is 0 Å². The van der Waals surface area contributed by atoms with Crippen LogP contribution in [0.1, 0.15) is 16.7 Å². The number of nitrogens with two attached hydrogens (primary N) is 1. The Labute approximate surface area is 102 Å². The van der Waals surface area contributed by atoms with E-state index in [1.165, 1.54) is 11.1 Å². The molecular weight excluding hydrogens is 210 g/mol. The quantitative estimate of drug-likeness (QED) is 0.875. The van der Waals surface area contributed by atoms with Gasteiger partial charge in [0, 0.05) is 18.0 Å². The zero-order valence-electron chi connectivity index (χ0n) is 10.3. The maximum Gasteiger partial charge on any atom is 0.159 e.